The maximum Gasteiger partial charge on any atom is 0.264 e. The van der Waals surface area contributed by atoms with E-state index < -0.39 is 46.0 Å². The molecule has 236 valence electrons. The van der Waals surface area contributed by atoms with Crippen LogP contribution in [-0.2, 0) is 28.5 Å². The van der Waals surface area contributed by atoms with E-state index >= 15 is 0 Å². The zero-order valence-electron chi connectivity index (χ0n) is 24.6. The van der Waals surface area contributed by atoms with Crippen molar-refractivity contribution in [1.82, 2.24) is 25.0 Å². The number of ether oxygens (including phenoxy) is 3. The predicted octanol–water partition coefficient (Wildman–Crippen LogP) is 4.39. The molecule has 16 heteroatoms. The summed E-state index contributed by atoms with van der Waals surface area (Å²) in [7, 11) is -3.59. The predicted molar refractivity (Wildman–Crippen MR) is 155 cm³/mol. The molecule has 2 aliphatic rings. The number of anilines is 1. The molecule has 12 nitrogen and oxygen atoms in total. The van der Waals surface area contributed by atoms with Gasteiger partial charge in [-0.05, 0) is 50.8 Å². The normalized spacial score (nSPS) is 24.0. The maximum atomic E-state index is 13.9. The van der Waals surface area contributed by atoms with Gasteiger partial charge in [-0.15, -0.1) is 5.10 Å². The number of halogens is 2. The van der Waals surface area contributed by atoms with Crippen molar-refractivity contribution >= 4 is 38.9 Å². The second kappa shape index (κ2) is 12.9. The summed E-state index contributed by atoms with van der Waals surface area (Å²) in [6.07, 6.45) is 1.30. The Morgan fingerprint density at radius 3 is 2.67 bits per heavy atom. The Kier molecular flexibility index (Phi) is 9.54. The van der Waals surface area contributed by atoms with Crippen LogP contribution in [0.25, 0.3) is 11.2 Å². The Morgan fingerprint density at radius 2 is 1.98 bits per heavy atom. The Labute approximate surface area is 253 Å². The van der Waals surface area contributed by atoms with Crippen LogP contribution in [-0.4, -0.2) is 82.6 Å². The summed E-state index contributed by atoms with van der Waals surface area (Å²) < 4.78 is 74.9. The number of rotatable bonds is 14. The van der Waals surface area contributed by atoms with Crippen LogP contribution >= 0.6 is 11.8 Å². The molecule has 3 aromatic rings. The lowest BCUT2D eigenvalue weighted by atomic mass is 10.1. The minimum Gasteiger partial charge on any atom is -0.373 e. The number of nitrogens with one attached hydrogen (secondary N) is 1. The highest BCUT2D eigenvalue weighted by atomic mass is 32.2. The fourth-order valence-electron chi connectivity index (χ4n) is 5.03. The Hall–Kier alpha value is -2.50. The third-order valence-electron chi connectivity index (χ3n) is 7.05. The van der Waals surface area contributed by atoms with Crippen molar-refractivity contribution in [3.63, 3.8) is 0 Å². The summed E-state index contributed by atoms with van der Waals surface area (Å²) in [6, 6.07) is 3.91. The van der Waals surface area contributed by atoms with Gasteiger partial charge in [0.25, 0.3) is 10.1 Å². The van der Waals surface area contributed by atoms with Gasteiger partial charge in [-0.3, -0.25) is 4.18 Å². The monoisotopic (exact) mass is 642 g/mol. The van der Waals surface area contributed by atoms with Gasteiger partial charge in [0.15, 0.2) is 45.8 Å². The number of hydrogen-bond donors (Lipinski definition) is 1. The van der Waals surface area contributed by atoms with E-state index in [4.69, 9.17) is 28.4 Å². The summed E-state index contributed by atoms with van der Waals surface area (Å²) >= 11 is 1.50. The van der Waals surface area contributed by atoms with Crippen molar-refractivity contribution in [1.29, 1.82) is 0 Å². The first-order valence-electron chi connectivity index (χ1n) is 14.2. The topological polar surface area (TPSA) is 140 Å². The highest BCUT2D eigenvalue weighted by Gasteiger charge is 2.48. The minimum absolute atomic E-state index is 0.00668. The standard InChI is InChI=1S/C27H36F2N6O6S2/c1-6-12-42-26-31-23(30-19-14-16(19)15-8-9-17(28)18(29)13-15)21-24(32-26)35(34-33-21)25-22(40-27(3,4)41-25)20(7-2)38-10-11-39-43(5,36)37/h8-9,13,16,19-20,22,25H,6-7,10-12,14H2,1-5H3,(H,30,31,32)/t16-,19+,20-,22+,25+/m0/s1. The van der Waals surface area contributed by atoms with Crippen LogP contribution in [0, 0.1) is 11.6 Å². The Balaban J connectivity index is 1.42. The minimum atomic E-state index is -3.59. The van der Waals surface area contributed by atoms with Crippen LogP contribution < -0.4 is 5.32 Å². The van der Waals surface area contributed by atoms with E-state index in [0.717, 1.165) is 30.9 Å². The van der Waals surface area contributed by atoms with Crippen molar-refractivity contribution in [2.75, 3.05) is 30.5 Å². The second-order valence-electron chi connectivity index (χ2n) is 11.0. The van der Waals surface area contributed by atoms with Crippen molar-refractivity contribution < 1.29 is 35.6 Å². The molecule has 0 radical (unpaired) electrons. The number of aromatic nitrogens is 5. The van der Waals surface area contributed by atoms with Crippen LogP contribution in [0.3, 0.4) is 0 Å². The molecule has 1 saturated heterocycles. The molecular formula is C27H36F2N6O6S2. The first kappa shape index (κ1) is 31.9. The van der Waals surface area contributed by atoms with Crippen LogP contribution in [0.4, 0.5) is 14.6 Å². The average Bonchev–Trinajstić information content (AvgIpc) is 3.45. The largest absolute Gasteiger partial charge is 0.373 e. The first-order valence-corrected chi connectivity index (χ1v) is 17.0. The smallest absolute Gasteiger partial charge is 0.264 e. The lowest BCUT2D eigenvalue weighted by Crippen LogP contribution is -2.36. The molecule has 43 heavy (non-hydrogen) atoms. The number of fused-ring (bicyclic) bond motifs is 1. The molecule has 1 N–H and O–H groups in total. The van der Waals surface area contributed by atoms with E-state index in [1.807, 2.05) is 6.92 Å². The van der Waals surface area contributed by atoms with Crippen molar-refractivity contribution in [2.45, 2.75) is 88.3 Å². The summed E-state index contributed by atoms with van der Waals surface area (Å²) in [5.74, 6) is -1.45. The molecule has 2 fully saturated rings. The summed E-state index contributed by atoms with van der Waals surface area (Å²) in [5.41, 5.74) is 1.58. The Bertz CT molecular complexity index is 1560. The number of benzene rings is 1. The van der Waals surface area contributed by atoms with Crippen LogP contribution in [0.1, 0.15) is 64.7 Å². The molecule has 3 heterocycles. The molecular weight excluding hydrogens is 606 g/mol. The SMILES string of the molecule is CCCSc1nc(N[C@@H]2C[C@H]2c2ccc(F)c(F)c2)c2nnn([C@@H]3OC(C)(C)O[C@@H]3[C@H](CC)OCCOS(C)(=O)=O)c2n1. The second-order valence-corrected chi connectivity index (χ2v) is 13.7. The van der Waals surface area contributed by atoms with Gasteiger partial charge in [-0.2, -0.15) is 13.1 Å². The summed E-state index contributed by atoms with van der Waals surface area (Å²) in [6.45, 7) is 7.47. The lowest BCUT2D eigenvalue weighted by Gasteiger charge is -2.25. The van der Waals surface area contributed by atoms with Gasteiger partial charge in [-0.25, -0.2) is 18.7 Å². The van der Waals surface area contributed by atoms with Crippen LogP contribution in [0.15, 0.2) is 23.4 Å². The summed E-state index contributed by atoms with van der Waals surface area (Å²) in [5, 5.41) is 12.8. The highest BCUT2D eigenvalue weighted by Crippen LogP contribution is 2.44. The van der Waals surface area contributed by atoms with Crippen molar-refractivity contribution in [3.8, 4) is 0 Å². The average molecular weight is 643 g/mol. The number of nitrogens with zero attached hydrogens (tertiary/aromatic N) is 5. The van der Waals surface area contributed by atoms with Crippen LogP contribution in [0.5, 0.6) is 0 Å². The van der Waals surface area contributed by atoms with Crippen molar-refractivity contribution in [3.05, 3.63) is 35.4 Å². The maximum absolute atomic E-state index is 13.9. The molecule has 5 rings (SSSR count). The number of thioether (sulfide) groups is 1. The van der Waals surface area contributed by atoms with Gasteiger partial charge in [0.2, 0.25) is 0 Å². The van der Waals surface area contributed by atoms with Gasteiger partial charge in [-0.1, -0.05) is 36.9 Å². The molecule has 5 atom stereocenters. The molecule has 0 amide bonds. The van der Waals surface area contributed by atoms with E-state index in [0.29, 0.717) is 34.1 Å². The molecule has 1 aliphatic heterocycles. The van der Waals surface area contributed by atoms with Gasteiger partial charge < -0.3 is 19.5 Å². The quantitative estimate of drug-likeness (QED) is 0.115. The third-order valence-corrected chi connectivity index (χ3v) is 8.70. The Morgan fingerprint density at radius 1 is 1.19 bits per heavy atom. The third kappa shape index (κ3) is 7.60. The van der Waals surface area contributed by atoms with E-state index in [-0.39, 0.29) is 25.2 Å². The molecule has 1 aromatic carbocycles. The fraction of sp³-hybridized carbons (Fsp3) is 0.630. The number of hydrogen-bond acceptors (Lipinski definition) is 12. The van der Waals surface area contributed by atoms with Gasteiger partial charge >= 0.3 is 0 Å². The lowest BCUT2D eigenvalue weighted by molar-refractivity contribution is -0.163. The molecule has 0 bridgehead atoms. The van der Waals surface area contributed by atoms with E-state index in [2.05, 4.69) is 22.6 Å². The van der Waals surface area contributed by atoms with Gasteiger partial charge in [0, 0.05) is 17.7 Å². The van der Waals surface area contributed by atoms with E-state index in [9.17, 15) is 17.2 Å². The van der Waals surface area contributed by atoms with E-state index in [1.54, 1.807) is 24.6 Å². The fourth-order valence-corrected chi connectivity index (χ4v) is 6.10. The zero-order chi connectivity index (χ0) is 30.9. The molecule has 1 saturated carbocycles. The van der Waals surface area contributed by atoms with Gasteiger partial charge in [0.1, 0.15) is 6.10 Å². The molecule has 0 spiro atoms. The van der Waals surface area contributed by atoms with Crippen molar-refractivity contribution in [2.24, 2.45) is 0 Å². The summed E-state index contributed by atoms with van der Waals surface area (Å²) in [4.78, 5) is 9.49. The molecule has 1 aliphatic carbocycles. The van der Waals surface area contributed by atoms with Crippen LogP contribution in [0.2, 0.25) is 0 Å². The molecule has 2 aromatic heterocycles. The first-order chi connectivity index (χ1) is 20.4. The van der Waals surface area contributed by atoms with E-state index in [1.165, 1.54) is 17.8 Å². The highest BCUT2D eigenvalue weighted by molar-refractivity contribution is 7.99. The molecule has 0 unspecified atom stereocenters. The zero-order valence-corrected chi connectivity index (χ0v) is 26.3. The van der Waals surface area contributed by atoms with Gasteiger partial charge in [0.05, 0.1) is 25.6 Å².